The molecular weight excluding hydrogens is 352 g/mol. The average Bonchev–Trinajstić information content (AvgIpc) is 3.19. The zero-order valence-electron chi connectivity index (χ0n) is 15.1. The summed E-state index contributed by atoms with van der Waals surface area (Å²) < 4.78 is 31.9. The van der Waals surface area contributed by atoms with E-state index in [2.05, 4.69) is 0 Å². The molecular formula is C16H22O10. The predicted molar refractivity (Wildman–Crippen MR) is 81.4 cm³/mol. The Labute approximate surface area is 150 Å². The molecule has 2 saturated heterocycles. The van der Waals surface area contributed by atoms with Crippen LogP contribution in [0, 0.1) is 0 Å². The summed E-state index contributed by atoms with van der Waals surface area (Å²) in [6.07, 6.45) is -6.55. The van der Waals surface area contributed by atoms with Gasteiger partial charge in [0.25, 0.3) is 0 Å². The quantitative estimate of drug-likeness (QED) is 0.364. The van der Waals surface area contributed by atoms with Crippen LogP contribution in [0.5, 0.6) is 0 Å². The molecule has 0 bridgehead atoms. The van der Waals surface area contributed by atoms with Crippen LogP contribution in [0.3, 0.4) is 0 Å². The van der Waals surface area contributed by atoms with E-state index in [1.807, 2.05) is 0 Å². The van der Waals surface area contributed by atoms with Crippen molar-refractivity contribution in [2.24, 2.45) is 0 Å². The van der Waals surface area contributed by atoms with E-state index in [9.17, 15) is 19.2 Å². The molecule has 0 amide bonds. The van der Waals surface area contributed by atoms with Crippen LogP contribution in [0.15, 0.2) is 0 Å². The minimum absolute atomic E-state index is 0.195. The second-order valence-electron chi connectivity index (χ2n) is 6.11. The van der Waals surface area contributed by atoms with Crippen LogP contribution in [0.25, 0.3) is 0 Å². The van der Waals surface area contributed by atoms with Crippen LogP contribution in [0.1, 0.15) is 34.6 Å². The first-order chi connectivity index (χ1) is 12.1. The number of epoxide rings is 1. The van der Waals surface area contributed by atoms with Crippen LogP contribution in [-0.2, 0) is 47.6 Å². The van der Waals surface area contributed by atoms with E-state index in [-0.39, 0.29) is 6.10 Å². The maximum atomic E-state index is 11.6. The van der Waals surface area contributed by atoms with Gasteiger partial charge in [-0.2, -0.15) is 0 Å². The maximum Gasteiger partial charge on any atom is 0.305 e. The number of hydrogen-bond donors (Lipinski definition) is 0. The summed E-state index contributed by atoms with van der Waals surface area (Å²) in [6.45, 7) is 6.39. The van der Waals surface area contributed by atoms with Gasteiger partial charge in [-0.1, -0.05) is 0 Å². The van der Waals surface area contributed by atoms with Gasteiger partial charge in [-0.25, -0.2) is 0 Å². The molecule has 0 aromatic carbocycles. The van der Waals surface area contributed by atoms with E-state index in [0.717, 1.165) is 20.8 Å². The van der Waals surface area contributed by atoms with Gasteiger partial charge in [0, 0.05) is 27.7 Å². The average molecular weight is 374 g/mol. The highest BCUT2D eigenvalue weighted by Crippen LogP contribution is 2.37. The van der Waals surface area contributed by atoms with Crippen LogP contribution < -0.4 is 0 Å². The van der Waals surface area contributed by atoms with Gasteiger partial charge in [-0.15, -0.1) is 0 Å². The standard InChI is InChI=1S/C16H22O10/c1-6-11(21-6)12-13(22-7(2)17)14(23-8(3)18)15(24-9(4)19)16(26-12)25-10(5)20/h6,11-16H,1-5H3/t6?,11?,12-,13+,14+,15-,16?/m0/s1. The fourth-order valence-corrected chi connectivity index (χ4v) is 2.87. The number of ether oxygens (including phenoxy) is 6. The van der Waals surface area contributed by atoms with E-state index in [0.29, 0.717) is 0 Å². The Morgan fingerprint density at radius 1 is 0.615 bits per heavy atom. The summed E-state index contributed by atoms with van der Waals surface area (Å²) in [7, 11) is 0. The van der Waals surface area contributed by atoms with Crippen LogP contribution in [0.4, 0.5) is 0 Å². The topological polar surface area (TPSA) is 127 Å². The monoisotopic (exact) mass is 374 g/mol. The normalized spacial score (nSPS) is 35.8. The first-order valence-corrected chi connectivity index (χ1v) is 8.10. The number of hydrogen-bond acceptors (Lipinski definition) is 10. The second kappa shape index (κ2) is 8.00. The Balaban J connectivity index is 2.39. The van der Waals surface area contributed by atoms with Crippen molar-refractivity contribution in [3.05, 3.63) is 0 Å². The molecule has 146 valence electrons. The Kier molecular flexibility index (Phi) is 6.19. The molecule has 0 N–H and O–H groups in total. The molecule has 0 spiro atoms. The summed E-state index contributed by atoms with van der Waals surface area (Å²) in [5, 5.41) is 0. The third-order valence-corrected chi connectivity index (χ3v) is 3.80. The molecule has 7 atom stereocenters. The van der Waals surface area contributed by atoms with Gasteiger partial charge in [0.05, 0.1) is 6.10 Å². The van der Waals surface area contributed by atoms with E-state index < -0.39 is 60.7 Å². The highest BCUT2D eigenvalue weighted by molar-refractivity contribution is 5.69. The lowest BCUT2D eigenvalue weighted by atomic mass is 9.95. The number of rotatable bonds is 5. The summed E-state index contributed by atoms with van der Waals surface area (Å²) in [5.41, 5.74) is 0. The molecule has 2 rings (SSSR count). The van der Waals surface area contributed by atoms with Gasteiger partial charge in [0.15, 0.2) is 12.2 Å². The van der Waals surface area contributed by atoms with Crippen molar-refractivity contribution in [1.29, 1.82) is 0 Å². The lowest BCUT2D eigenvalue weighted by Gasteiger charge is -2.43. The van der Waals surface area contributed by atoms with Crippen molar-refractivity contribution in [3.8, 4) is 0 Å². The van der Waals surface area contributed by atoms with E-state index >= 15 is 0 Å². The van der Waals surface area contributed by atoms with E-state index in [1.54, 1.807) is 6.92 Å². The van der Waals surface area contributed by atoms with Crippen molar-refractivity contribution < 1.29 is 47.6 Å². The molecule has 3 unspecified atom stereocenters. The van der Waals surface area contributed by atoms with Crippen molar-refractivity contribution in [2.75, 3.05) is 0 Å². The van der Waals surface area contributed by atoms with Crippen molar-refractivity contribution >= 4 is 23.9 Å². The molecule has 0 aromatic heterocycles. The molecule has 0 saturated carbocycles. The largest absolute Gasteiger partial charge is 0.456 e. The zero-order chi connectivity index (χ0) is 19.6. The molecule has 0 aromatic rings. The van der Waals surface area contributed by atoms with Crippen LogP contribution >= 0.6 is 0 Å². The minimum atomic E-state index is -1.35. The van der Waals surface area contributed by atoms with E-state index in [1.165, 1.54) is 6.92 Å². The summed E-state index contributed by atoms with van der Waals surface area (Å²) in [4.78, 5) is 46.0. The minimum Gasteiger partial charge on any atom is -0.456 e. The maximum absolute atomic E-state index is 11.6. The Morgan fingerprint density at radius 2 is 1.04 bits per heavy atom. The highest BCUT2D eigenvalue weighted by Gasteiger charge is 2.59. The zero-order valence-corrected chi connectivity index (χ0v) is 15.1. The van der Waals surface area contributed by atoms with Gasteiger partial charge in [-0.3, -0.25) is 19.2 Å². The lowest BCUT2D eigenvalue weighted by Crippen LogP contribution is -2.63. The Bertz CT molecular complexity index is 588. The summed E-state index contributed by atoms with van der Waals surface area (Å²) in [5.74, 6) is -2.76. The fraction of sp³-hybridized carbons (Fsp3) is 0.750. The van der Waals surface area contributed by atoms with Gasteiger partial charge in [0.2, 0.25) is 12.4 Å². The summed E-state index contributed by atoms with van der Waals surface area (Å²) in [6, 6.07) is 0. The molecule has 2 aliphatic rings. The molecule has 2 heterocycles. The number of carbonyl (C=O) groups excluding carboxylic acids is 4. The first-order valence-electron chi connectivity index (χ1n) is 8.10. The Morgan fingerprint density at radius 3 is 1.46 bits per heavy atom. The highest BCUT2D eigenvalue weighted by atomic mass is 16.8. The number of carbonyl (C=O) groups is 4. The molecule has 0 aliphatic carbocycles. The van der Waals surface area contributed by atoms with Crippen molar-refractivity contribution in [3.63, 3.8) is 0 Å². The number of esters is 4. The van der Waals surface area contributed by atoms with Gasteiger partial charge in [0.1, 0.15) is 12.2 Å². The van der Waals surface area contributed by atoms with Gasteiger partial charge >= 0.3 is 23.9 Å². The van der Waals surface area contributed by atoms with Crippen molar-refractivity contribution in [1.82, 2.24) is 0 Å². The van der Waals surface area contributed by atoms with Gasteiger partial charge in [-0.05, 0) is 6.92 Å². The third-order valence-electron chi connectivity index (χ3n) is 3.80. The molecule has 2 aliphatic heterocycles. The predicted octanol–water partition coefficient (Wildman–Crippen LogP) is -0.143. The van der Waals surface area contributed by atoms with Gasteiger partial charge < -0.3 is 28.4 Å². The van der Waals surface area contributed by atoms with E-state index in [4.69, 9.17) is 28.4 Å². The first kappa shape index (κ1) is 20.1. The molecule has 10 nitrogen and oxygen atoms in total. The van der Waals surface area contributed by atoms with Crippen LogP contribution in [-0.4, -0.2) is 66.8 Å². The smallest absolute Gasteiger partial charge is 0.305 e. The SMILES string of the molecule is CC(=O)OC1O[C@@H](C2OC2C)[C@@H](OC(C)=O)[C@@H](OC(C)=O)[C@@H]1OC(C)=O. The Hall–Kier alpha value is -2.20. The third kappa shape index (κ3) is 4.92. The summed E-state index contributed by atoms with van der Waals surface area (Å²) >= 11 is 0. The molecule has 10 heteroatoms. The van der Waals surface area contributed by atoms with Crippen molar-refractivity contribution in [2.45, 2.75) is 77.5 Å². The molecule has 26 heavy (non-hydrogen) atoms. The molecule has 0 radical (unpaired) electrons. The molecule has 2 fully saturated rings. The lowest BCUT2D eigenvalue weighted by molar-refractivity contribution is -0.298. The fourth-order valence-electron chi connectivity index (χ4n) is 2.87. The van der Waals surface area contributed by atoms with Crippen LogP contribution in [0.2, 0.25) is 0 Å². The second-order valence-corrected chi connectivity index (χ2v) is 6.11.